The standard InChI is InChI=1S/C10H9ClO4/c1-5(12)6-4-7-10(8(11)9(6)13)15-3-2-14-7/h4,13H,2-3H2,1H3. The third-order valence-electron chi connectivity index (χ3n) is 2.13. The van der Waals surface area contributed by atoms with Crippen molar-refractivity contribution in [3.8, 4) is 17.2 Å². The number of aromatic hydroxyl groups is 1. The lowest BCUT2D eigenvalue weighted by molar-refractivity contribution is 0.101. The summed E-state index contributed by atoms with van der Waals surface area (Å²) in [6.07, 6.45) is 0. The van der Waals surface area contributed by atoms with E-state index in [1.54, 1.807) is 0 Å². The van der Waals surface area contributed by atoms with Crippen LogP contribution in [0.4, 0.5) is 0 Å². The Morgan fingerprint density at radius 3 is 2.80 bits per heavy atom. The molecule has 1 aromatic carbocycles. The fraction of sp³-hybridized carbons (Fsp3) is 0.300. The van der Waals surface area contributed by atoms with Gasteiger partial charge < -0.3 is 14.6 Å². The zero-order valence-electron chi connectivity index (χ0n) is 8.04. The minimum Gasteiger partial charge on any atom is -0.505 e. The van der Waals surface area contributed by atoms with Crippen LogP contribution < -0.4 is 9.47 Å². The minimum atomic E-state index is -0.272. The van der Waals surface area contributed by atoms with Crippen molar-refractivity contribution in [2.75, 3.05) is 13.2 Å². The first-order chi connectivity index (χ1) is 7.11. The number of rotatable bonds is 1. The van der Waals surface area contributed by atoms with Crippen LogP contribution in [0.25, 0.3) is 0 Å². The Morgan fingerprint density at radius 1 is 1.47 bits per heavy atom. The summed E-state index contributed by atoms with van der Waals surface area (Å²) >= 11 is 5.85. The van der Waals surface area contributed by atoms with Crippen LogP contribution in [0.3, 0.4) is 0 Å². The van der Waals surface area contributed by atoms with Gasteiger partial charge in [0.25, 0.3) is 0 Å². The van der Waals surface area contributed by atoms with Crippen LogP contribution in [0, 0.1) is 0 Å². The lowest BCUT2D eigenvalue weighted by atomic mass is 10.1. The number of carbonyl (C=O) groups is 1. The number of halogens is 1. The number of hydrogen-bond acceptors (Lipinski definition) is 4. The number of phenolic OH excluding ortho intramolecular Hbond substituents is 1. The van der Waals surface area contributed by atoms with Crippen molar-refractivity contribution in [2.24, 2.45) is 0 Å². The third-order valence-corrected chi connectivity index (χ3v) is 2.48. The molecule has 0 aromatic heterocycles. The molecule has 0 aliphatic carbocycles. The molecule has 0 unspecified atom stereocenters. The van der Waals surface area contributed by atoms with Crippen molar-refractivity contribution < 1.29 is 19.4 Å². The molecule has 15 heavy (non-hydrogen) atoms. The average Bonchev–Trinajstić information content (AvgIpc) is 2.23. The van der Waals surface area contributed by atoms with Crippen LogP contribution in [0.5, 0.6) is 17.2 Å². The van der Waals surface area contributed by atoms with Crippen LogP contribution in [0.2, 0.25) is 5.02 Å². The fourth-order valence-corrected chi connectivity index (χ4v) is 1.65. The quantitative estimate of drug-likeness (QED) is 0.748. The van der Waals surface area contributed by atoms with Gasteiger partial charge in [-0.1, -0.05) is 11.6 Å². The molecule has 5 heteroatoms. The second kappa shape index (κ2) is 3.62. The number of ketones is 1. The number of Topliss-reactive ketones (excluding diaryl/α,β-unsaturated/α-hetero) is 1. The predicted octanol–water partition coefficient (Wildman–Crippen LogP) is 2.02. The van der Waals surface area contributed by atoms with Gasteiger partial charge in [0.05, 0.1) is 5.56 Å². The molecule has 1 heterocycles. The van der Waals surface area contributed by atoms with Gasteiger partial charge in [-0.3, -0.25) is 4.79 Å². The predicted molar refractivity (Wildman–Crippen MR) is 54.1 cm³/mol. The van der Waals surface area contributed by atoms with E-state index < -0.39 is 0 Å². The number of fused-ring (bicyclic) bond motifs is 1. The molecular weight excluding hydrogens is 220 g/mol. The van der Waals surface area contributed by atoms with Gasteiger partial charge in [0.1, 0.15) is 24.0 Å². The van der Waals surface area contributed by atoms with Gasteiger partial charge in [0.15, 0.2) is 17.3 Å². The lowest BCUT2D eigenvalue weighted by Crippen LogP contribution is -2.16. The Bertz CT molecular complexity index is 428. The summed E-state index contributed by atoms with van der Waals surface area (Å²) in [6, 6.07) is 1.44. The Morgan fingerprint density at radius 2 is 2.13 bits per heavy atom. The van der Waals surface area contributed by atoms with Gasteiger partial charge in [0, 0.05) is 0 Å². The number of benzene rings is 1. The van der Waals surface area contributed by atoms with Gasteiger partial charge in [-0.05, 0) is 13.0 Å². The molecule has 80 valence electrons. The largest absolute Gasteiger partial charge is 0.505 e. The second-order valence-electron chi connectivity index (χ2n) is 3.17. The van der Waals surface area contributed by atoms with Crippen molar-refractivity contribution in [1.82, 2.24) is 0 Å². The molecule has 2 rings (SSSR count). The third kappa shape index (κ3) is 1.61. The van der Waals surface area contributed by atoms with Gasteiger partial charge in [-0.15, -0.1) is 0 Å². The maximum atomic E-state index is 11.2. The second-order valence-corrected chi connectivity index (χ2v) is 3.55. The highest BCUT2D eigenvalue weighted by atomic mass is 35.5. The molecule has 1 aromatic rings. The average molecular weight is 229 g/mol. The highest BCUT2D eigenvalue weighted by Crippen LogP contribution is 2.44. The van der Waals surface area contributed by atoms with E-state index in [4.69, 9.17) is 21.1 Å². The maximum absolute atomic E-state index is 11.2. The lowest BCUT2D eigenvalue weighted by Gasteiger charge is -2.20. The number of ether oxygens (including phenoxy) is 2. The Labute approximate surface area is 91.4 Å². The number of carbonyl (C=O) groups excluding carboxylic acids is 1. The topological polar surface area (TPSA) is 55.8 Å². The van der Waals surface area contributed by atoms with Gasteiger partial charge in [0.2, 0.25) is 0 Å². The highest BCUT2D eigenvalue weighted by molar-refractivity contribution is 6.34. The molecule has 0 fully saturated rings. The van der Waals surface area contributed by atoms with E-state index in [2.05, 4.69) is 0 Å². The Balaban J connectivity index is 2.63. The molecule has 0 amide bonds. The molecule has 4 nitrogen and oxygen atoms in total. The first-order valence-corrected chi connectivity index (χ1v) is 4.81. The summed E-state index contributed by atoms with van der Waals surface area (Å²) in [6.45, 7) is 2.14. The van der Waals surface area contributed by atoms with E-state index in [1.165, 1.54) is 13.0 Å². The van der Waals surface area contributed by atoms with Gasteiger partial charge >= 0.3 is 0 Å². The maximum Gasteiger partial charge on any atom is 0.183 e. The molecule has 0 saturated carbocycles. The molecular formula is C10H9ClO4. The van der Waals surface area contributed by atoms with Crippen molar-refractivity contribution >= 4 is 17.4 Å². The van der Waals surface area contributed by atoms with E-state index in [9.17, 15) is 9.90 Å². The summed E-state index contributed by atoms with van der Waals surface area (Å²) in [5.41, 5.74) is 0.143. The SMILES string of the molecule is CC(=O)c1cc2c(c(Cl)c1O)OCCO2. The van der Waals surface area contributed by atoms with Crippen LogP contribution in [0.1, 0.15) is 17.3 Å². The minimum absolute atomic E-state index is 0.0254. The summed E-state index contributed by atoms with van der Waals surface area (Å²) in [5.74, 6) is 0.166. The first kappa shape index (κ1) is 10.1. The number of phenols is 1. The summed E-state index contributed by atoms with van der Waals surface area (Å²) in [7, 11) is 0. The van der Waals surface area contributed by atoms with E-state index in [-0.39, 0.29) is 22.1 Å². The van der Waals surface area contributed by atoms with E-state index in [0.29, 0.717) is 24.7 Å². The Kier molecular flexibility index (Phi) is 2.44. The summed E-state index contributed by atoms with van der Waals surface area (Å²) in [5, 5.41) is 9.66. The zero-order chi connectivity index (χ0) is 11.0. The monoisotopic (exact) mass is 228 g/mol. The van der Waals surface area contributed by atoms with Crippen molar-refractivity contribution in [2.45, 2.75) is 6.92 Å². The van der Waals surface area contributed by atoms with E-state index in [1.807, 2.05) is 0 Å². The van der Waals surface area contributed by atoms with Crippen molar-refractivity contribution in [1.29, 1.82) is 0 Å². The zero-order valence-corrected chi connectivity index (χ0v) is 8.80. The van der Waals surface area contributed by atoms with Crippen molar-refractivity contribution in [3.63, 3.8) is 0 Å². The summed E-state index contributed by atoms with van der Waals surface area (Å²) in [4.78, 5) is 11.2. The number of hydrogen-bond donors (Lipinski definition) is 1. The molecule has 0 bridgehead atoms. The molecule has 1 aliphatic heterocycles. The van der Waals surface area contributed by atoms with Crippen LogP contribution in [0.15, 0.2) is 6.07 Å². The Hall–Kier alpha value is -1.42. The molecule has 0 radical (unpaired) electrons. The first-order valence-electron chi connectivity index (χ1n) is 4.43. The van der Waals surface area contributed by atoms with Crippen LogP contribution in [-0.4, -0.2) is 24.1 Å². The molecule has 0 atom stereocenters. The smallest absolute Gasteiger partial charge is 0.183 e. The molecule has 1 N–H and O–H groups in total. The fourth-order valence-electron chi connectivity index (χ4n) is 1.40. The normalized spacial score (nSPS) is 13.7. The van der Waals surface area contributed by atoms with E-state index >= 15 is 0 Å². The van der Waals surface area contributed by atoms with Crippen LogP contribution >= 0.6 is 11.6 Å². The van der Waals surface area contributed by atoms with Gasteiger partial charge in [-0.25, -0.2) is 0 Å². The van der Waals surface area contributed by atoms with E-state index in [0.717, 1.165) is 0 Å². The highest BCUT2D eigenvalue weighted by Gasteiger charge is 2.23. The molecule has 0 saturated heterocycles. The molecule has 1 aliphatic rings. The molecule has 0 spiro atoms. The van der Waals surface area contributed by atoms with Crippen LogP contribution in [-0.2, 0) is 0 Å². The van der Waals surface area contributed by atoms with Crippen molar-refractivity contribution in [3.05, 3.63) is 16.7 Å². The summed E-state index contributed by atoms with van der Waals surface area (Å²) < 4.78 is 10.5. The van der Waals surface area contributed by atoms with Gasteiger partial charge in [-0.2, -0.15) is 0 Å².